The van der Waals surface area contributed by atoms with Crippen LogP contribution in [0.15, 0.2) is 48.2 Å². The molecule has 2 aliphatic heterocycles. The van der Waals surface area contributed by atoms with Gasteiger partial charge in [-0.05, 0) is 92.5 Å². The number of benzene rings is 2. The number of anilines is 2. The number of ether oxygens (including phenoxy) is 2. The molecule has 0 spiro atoms. The van der Waals surface area contributed by atoms with Crippen LogP contribution in [-0.4, -0.2) is 55.2 Å². The lowest BCUT2D eigenvalue weighted by Crippen LogP contribution is -2.35. The Labute approximate surface area is 205 Å². The lowest BCUT2D eigenvalue weighted by molar-refractivity contribution is -0.140. The van der Waals surface area contributed by atoms with Crippen LogP contribution in [0.1, 0.15) is 30.9 Å². The summed E-state index contributed by atoms with van der Waals surface area (Å²) in [6, 6.07) is 13.3. The molecule has 7 nitrogen and oxygen atoms in total. The molecule has 0 aromatic heterocycles. The summed E-state index contributed by atoms with van der Waals surface area (Å²) in [5.74, 6) is -0.0611. The number of esters is 1. The van der Waals surface area contributed by atoms with Crippen molar-refractivity contribution in [2.24, 2.45) is 0 Å². The van der Waals surface area contributed by atoms with Crippen molar-refractivity contribution in [1.82, 2.24) is 4.90 Å². The standard InChI is InChI=1S/C26H29N3O4S/c1-4-33-21-10-8-20(9-11-21)29-25(31)23(28(26(29)34)17-24(30)32-3)16-19-7-12-22(18(2)15-19)27-13-5-6-14-27/h7-12,15-16H,4-6,13-14,17H2,1-3H3. The number of carbonyl (C=O) groups excluding carboxylic acids is 2. The molecule has 4 rings (SSSR count). The second kappa shape index (κ2) is 10.3. The van der Waals surface area contributed by atoms with Crippen LogP contribution in [0, 0.1) is 6.92 Å². The van der Waals surface area contributed by atoms with Crippen molar-refractivity contribution in [3.8, 4) is 5.75 Å². The lowest BCUT2D eigenvalue weighted by Gasteiger charge is -2.21. The van der Waals surface area contributed by atoms with E-state index in [1.54, 1.807) is 30.3 Å². The van der Waals surface area contributed by atoms with E-state index in [2.05, 4.69) is 24.0 Å². The van der Waals surface area contributed by atoms with Crippen molar-refractivity contribution >= 4 is 46.7 Å². The van der Waals surface area contributed by atoms with Crippen molar-refractivity contribution in [1.29, 1.82) is 0 Å². The fourth-order valence-corrected chi connectivity index (χ4v) is 4.70. The van der Waals surface area contributed by atoms with Crippen LogP contribution in [0.4, 0.5) is 11.4 Å². The molecule has 2 aromatic carbocycles. The Bertz CT molecular complexity index is 1120. The molecule has 0 radical (unpaired) electrons. The van der Waals surface area contributed by atoms with Crippen molar-refractivity contribution in [3.05, 3.63) is 59.3 Å². The summed E-state index contributed by atoms with van der Waals surface area (Å²) < 4.78 is 10.4. The third-order valence-electron chi connectivity index (χ3n) is 6.03. The van der Waals surface area contributed by atoms with Crippen LogP contribution in [0.5, 0.6) is 5.75 Å². The first-order valence-corrected chi connectivity index (χ1v) is 11.9. The third kappa shape index (κ3) is 4.77. The number of rotatable bonds is 7. The summed E-state index contributed by atoms with van der Waals surface area (Å²) in [5.41, 5.74) is 4.17. The van der Waals surface area contributed by atoms with Crippen LogP contribution >= 0.6 is 12.2 Å². The molecule has 34 heavy (non-hydrogen) atoms. The zero-order valence-corrected chi connectivity index (χ0v) is 20.6. The topological polar surface area (TPSA) is 62.3 Å². The molecule has 178 valence electrons. The number of methoxy groups -OCH3 is 1. The number of aryl methyl sites for hydroxylation is 1. The van der Waals surface area contributed by atoms with Crippen LogP contribution in [0.2, 0.25) is 0 Å². The van der Waals surface area contributed by atoms with E-state index in [1.807, 2.05) is 13.0 Å². The van der Waals surface area contributed by atoms with Gasteiger partial charge in [-0.3, -0.25) is 14.5 Å². The summed E-state index contributed by atoms with van der Waals surface area (Å²) in [5, 5.41) is 0.233. The van der Waals surface area contributed by atoms with E-state index in [0.717, 1.165) is 24.2 Å². The molecule has 0 atom stereocenters. The first-order chi connectivity index (χ1) is 16.4. The number of thiocarbonyl (C=S) groups is 1. The zero-order chi connectivity index (χ0) is 24.2. The van der Waals surface area contributed by atoms with Crippen molar-refractivity contribution < 1.29 is 19.1 Å². The van der Waals surface area contributed by atoms with E-state index in [0.29, 0.717) is 23.7 Å². The molecule has 2 heterocycles. The number of carbonyl (C=O) groups is 2. The highest BCUT2D eigenvalue weighted by Gasteiger charge is 2.40. The minimum atomic E-state index is -0.477. The highest BCUT2D eigenvalue weighted by molar-refractivity contribution is 7.80. The fourth-order valence-electron chi connectivity index (χ4n) is 4.35. The summed E-state index contributed by atoms with van der Waals surface area (Å²) in [4.78, 5) is 31.0. The minimum absolute atomic E-state index is 0.148. The summed E-state index contributed by atoms with van der Waals surface area (Å²) in [7, 11) is 1.32. The normalized spacial score (nSPS) is 17.1. The van der Waals surface area contributed by atoms with Gasteiger partial charge in [0.05, 0.1) is 19.4 Å². The Kier molecular flexibility index (Phi) is 7.17. The molecule has 8 heteroatoms. The Morgan fingerprint density at radius 3 is 2.44 bits per heavy atom. The maximum absolute atomic E-state index is 13.5. The molecular formula is C26H29N3O4S. The average molecular weight is 480 g/mol. The molecule has 0 bridgehead atoms. The SMILES string of the molecule is CCOc1ccc(N2C(=O)C(=Cc3ccc(N4CCCC4)c(C)c3)N(CC(=O)OC)C2=S)cc1. The van der Waals surface area contributed by atoms with Crippen molar-refractivity contribution in [3.63, 3.8) is 0 Å². The lowest BCUT2D eigenvalue weighted by atomic mass is 10.1. The molecule has 2 fully saturated rings. The average Bonchev–Trinajstić information content (AvgIpc) is 3.43. The Morgan fingerprint density at radius 2 is 1.82 bits per heavy atom. The van der Waals surface area contributed by atoms with E-state index in [9.17, 15) is 9.59 Å². The predicted octanol–water partition coefficient (Wildman–Crippen LogP) is 4.14. The predicted molar refractivity (Wildman–Crippen MR) is 137 cm³/mol. The molecule has 2 aromatic rings. The van der Waals surface area contributed by atoms with Gasteiger partial charge in [-0.2, -0.15) is 0 Å². The molecule has 0 saturated carbocycles. The van der Waals surface area contributed by atoms with Crippen LogP contribution in [-0.2, 0) is 14.3 Å². The van der Waals surface area contributed by atoms with Gasteiger partial charge < -0.3 is 19.3 Å². The molecule has 0 unspecified atom stereocenters. The first-order valence-electron chi connectivity index (χ1n) is 11.5. The van der Waals surface area contributed by atoms with Crippen molar-refractivity contribution in [2.45, 2.75) is 26.7 Å². The molecular weight excluding hydrogens is 450 g/mol. The van der Waals surface area contributed by atoms with Gasteiger partial charge in [-0.15, -0.1) is 0 Å². The van der Waals surface area contributed by atoms with Gasteiger partial charge in [0, 0.05) is 18.8 Å². The van der Waals surface area contributed by atoms with Gasteiger partial charge in [-0.25, -0.2) is 0 Å². The quantitative estimate of drug-likeness (QED) is 0.336. The van der Waals surface area contributed by atoms with Crippen LogP contribution in [0.25, 0.3) is 6.08 Å². The number of amides is 1. The summed E-state index contributed by atoms with van der Waals surface area (Å²) >= 11 is 5.63. The second-order valence-electron chi connectivity index (χ2n) is 8.28. The van der Waals surface area contributed by atoms with Crippen LogP contribution in [0.3, 0.4) is 0 Å². The van der Waals surface area contributed by atoms with Crippen molar-refractivity contribution in [2.75, 3.05) is 43.2 Å². The maximum Gasteiger partial charge on any atom is 0.325 e. The van der Waals surface area contributed by atoms with E-state index < -0.39 is 5.97 Å². The van der Waals surface area contributed by atoms with Gasteiger partial charge in [0.1, 0.15) is 18.0 Å². The Balaban J connectivity index is 1.67. The van der Waals surface area contributed by atoms with E-state index in [1.165, 1.54) is 35.4 Å². The number of hydrogen-bond acceptors (Lipinski definition) is 6. The van der Waals surface area contributed by atoms with E-state index in [4.69, 9.17) is 21.7 Å². The maximum atomic E-state index is 13.5. The molecule has 1 amide bonds. The minimum Gasteiger partial charge on any atom is -0.494 e. The van der Waals surface area contributed by atoms with Gasteiger partial charge in [0.25, 0.3) is 5.91 Å². The van der Waals surface area contributed by atoms with E-state index >= 15 is 0 Å². The monoisotopic (exact) mass is 479 g/mol. The fraction of sp³-hybridized carbons (Fsp3) is 0.346. The summed E-state index contributed by atoms with van der Waals surface area (Å²) in [6.45, 7) is 6.53. The van der Waals surface area contributed by atoms with Crippen LogP contribution < -0.4 is 14.5 Å². The highest BCUT2D eigenvalue weighted by atomic mass is 32.1. The zero-order valence-electron chi connectivity index (χ0n) is 19.7. The van der Waals surface area contributed by atoms with Gasteiger partial charge in [-0.1, -0.05) is 6.07 Å². The molecule has 2 saturated heterocycles. The Hall–Kier alpha value is -3.39. The Morgan fingerprint density at radius 1 is 1.12 bits per heavy atom. The number of hydrogen-bond donors (Lipinski definition) is 0. The van der Waals surface area contributed by atoms with Gasteiger partial charge in [0.15, 0.2) is 5.11 Å². The highest BCUT2D eigenvalue weighted by Crippen LogP contribution is 2.31. The second-order valence-corrected chi connectivity index (χ2v) is 8.65. The van der Waals surface area contributed by atoms with Gasteiger partial charge in [0.2, 0.25) is 0 Å². The van der Waals surface area contributed by atoms with E-state index in [-0.39, 0.29) is 17.6 Å². The molecule has 2 aliphatic rings. The number of nitrogens with zero attached hydrogens (tertiary/aromatic N) is 3. The summed E-state index contributed by atoms with van der Waals surface area (Å²) in [6.07, 6.45) is 4.20. The smallest absolute Gasteiger partial charge is 0.325 e. The molecule has 0 N–H and O–H groups in total. The first kappa shape index (κ1) is 23.8. The molecule has 0 aliphatic carbocycles. The third-order valence-corrected chi connectivity index (χ3v) is 6.43. The van der Waals surface area contributed by atoms with Gasteiger partial charge >= 0.3 is 5.97 Å². The largest absolute Gasteiger partial charge is 0.494 e.